The van der Waals surface area contributed by atoms with Crippen molar-refractivity contribution in [2.75, 3.05) is 0 Å². The summed E-state index contributed by atoms with van der Waals surface area (Å²) in [6.45, 7) is 3.98. The van der Waals surface area contributed by atoms with Crippen LogP contribution >= 0.6 is 15.9 Å². The second-order valence-electron chi connectivity index (χ2n) is 1.83. The first kappa shape index (κ1) is 6.81. The number of nitrogens with zero attached hydrogens (tertiary/aromatic N) is 1. The van der Waals surface area contributed by atoms with Crippen molar-refractivity contribution in [1.82, 2.24) is 4.98 Å². The number of halogens is 1. The molecule has 3 heteroatoms. The minimum atomic E-state index is 0.580. The Kier molecular flexibility index (Phi) is 1.90. The fraction of sp³-hybridized carbons (Fsp3) is 0.500. The van der Waals surface area contributed by atoms with Crippen LogP contribution in [0.3, 0.4) is 0 Å². The van der Waals surface area contributed by atoms with Crippen LogP contribution in [0.25, 0.3) is 0 Å². The Morgan fingerprint density at radius 1 is 1.67 bits per heavy atom. The highest BCUT2D eigenvalue weighted by Gasteiger charge is 2.02. The summed E-state index contributed by atoms with van der Waals surface area (Å²) >= 11 is 3.15. The second-order valence-corrected chi connectivity index (χ2v) is 2.51. The van der Waals surface area contributed by atoms with Gasteiger partial charge in [-0.15, -0.1) is 0 Å². The van der Waals surface area contributed by atoms with Crippen LogP contribution in [0.5, 0.6) is 0 Å². The summed E-state index contributed by atoms with van der Waals surface area (Å²) < 4.78 is 5.17. The van der Waals surface area contributed by atoms with E-state index in [1.807, 2.05) is 13.8 Å². The predicted molar refractivity (Wildman–Crippen MR) is 38.3 cm³/mol. The Bertz CT molecular complexity index is 207. The van der Waals surface area contributed by atoms with E-state index in [1.54, 1.807) is 0 Å². The summed E-state index contributed by atoms with van der Waals surface area (Å²) in [6.07, 6.45) is 0.907. The van der Waals surface area contributed by atoms with Gasteiger partial charge in [0.05, 0.1) is 5.69 Å². The number of hydrogen-bond acceptors (Lipinski definition) is 2. The molecule has 1 rings (SSSR count). The summed E-state index contributed by atoms with van der Waals surface area (Å²) in [5.74, 6) is 0.960. The van der Waals surface area contributed by atoms with Gasteiger partial charge in [0, 0.05) is 22.4 Å². The van der Waals surface area contributed by atoms with Crippen LogP contribution < -0.4 is 0 Å². The zero-order valence-corrected chi connectivity index (χ0v) is 7.03. The normalized spacial score (nSPS) is 10.1. The van der Waals surface area contributed by atoms with Gasteiger partial charge in [0.25, 0.3) is 4.80 Å². The molecule has 1 aromatic rings. The van der Waals surface area contributed by atoms with Crippen LogP contribution in [0.2, 0.25) is 0 Å². The molecular formula is C6H8BrNO. The van der Waals surface area contributed by atoms with Gasteiger partial charge >= 0.3 is 0 Å². The van der Waals surface area contributed by atoms with Gasteiger partial charge in [-0.05, 0) is 6.92 Å². The van der Waals surface area contributed by atoms with Crippen molar-refractivity contribution < 1.29 is 4.42 Å². The molecule has 50 valence electrons. The van der Waals surface area contributed by atoms with Gasteiger partial charge in [0.15, 0.2) is 0 Å². The molecule has 0 radical (unpaired) electrons. The molecule has 1 aromatic heterocycles. The van der Waals surface area contributed by atoms with Crippen LogP contribution in [0.1, 0.15) is 18.4 Å². The van der Waals surface area contributed by atoms with E-state index in [0.717, 1.165) is 17.9 Å². The molecule has 0 bridgehead atoms. The zero-order valence-electron chi connectivity index (χ0n) is 5.44. The van der Waals surface area contributed by atoms with Gasteiger partial charge in [0.1, 0.15) is 5.76 Å². The molecule has 0 fully saturated rings. The molecule has 0 amide bonds. The maximum atomic E-state index is 5.17. The van der Waals surface area contributed by atoms with Crippen molar-refractivity contribution in [1.29, 1.82) is 0 Å². The Morgan fingerprint density at radius 2 is 2.33 bits per heavy atom. The maximum Gasteiger partial charge on any atom is 0.264 e. The minimum absolute atomic E-state index is 0.580. The molecule has 1 heterocycles. The van der Waals surface area contributed by atoms with Crippen molar-refractivity contribution in [3.05, 3.63) is 16.3 Å². The van der Waals surface area contributed by atoms with Gasteiger partial charge < -0.3 is 4.42 Å². The molecule has 0 atom stereocenters. The van der Waals surface area contributed by atoms with Crippen molar-refractivity contribution in [3.8, 4) is 0 Å². The fourth-order valence-electron chi connectivity index (χ4n) is 0.721. The van der Waals surface area contributed by atoms with Crippen molar-refractivity contribution in [3.63, 3.8) is 0 Å². The third kappa shape index (κ3) is 1.33. The van der Waals surface area contributed by atoms with Crippen LogP contribution in [-0.4, -0.2) is 4.98 Å². The summed E-state index contributed by atoms with van der Waals surface area (Å²) in [6, 6.07) is 0. The van der Waals surface area contributed by atoms with E-state index >= 15 is 0 Å². The molecule has 0 aromatic carbocycles. The summed E-state index contributed by atoms with van der Waals surface area (Å²) in [5.41, 5.74) is 0.976. The van der Waals surface area contributed by atoms with Gasteiger partial charge in [-0.2, -0.15) is 0 Å². The largest absolute Gasteiger partial charge is 0.436 e. The van der Waals surface area contributed by atoms with E-state index in [0.29, 0.717) is 4.80 Å². The Hall–Kier alpha value is -0.310. The monoisotopic (exact) mass is 189 g/mol. The van der Waals surface area contributed by atoms with Crippen LogP contribution in [0.15, 0.2) is 9.22 Å². The van der Waals surface area contributed by atoms with E-state index in [2.05, 4.69) is 20.9 Å². The quantitative estimate of drug-likeness (QED) is 0.678. The highest BCUT2D eigenvalue weighted by atomic mass is 79.9. The predicted octanol–water partition coefficient (Wildman–Crippen LogP) is 2.31. The molecule has 0 aliphatic heterocycles. The first-order chi connectivity index (χ1) is 4.24. The molecule has 0 unspecified atom stereocenters. The van der Waals surface area contributed by atoms with E-state index < -0.39 is 0 Å². The number of oxazole rings is 1. The Balaban J connectivity index is 3.01. The van der Waals surface area contributed by atoms with Crippen molar-refractivity contribution in [2.24, 2.45) is 0 Å². The molecule has 0 N–H and O–H groups in total. The summed E-state index contributed by atoms with van der Waals surface area (Å²) in [7, 11) is 0. The first-order valence-electron chi connectivity index (χ1n) is 2.86. The molecule has 0 aliphatic rings. The number of rotatable bonds is 1. The average Bonchev–Trinajstić information content (AvgIpc) is 2.10. The molecule has 0 saturated carbocycles. The third-order valence-corrected chi connectivity index (χ3v) is 1.53. The SMILES string of the molecule is CCc1oc(Br)nc1C. The van der Waals surface area contributed by atoms with Crippen LogP contribution in [0.4, 0.5) is 0 Å². The molecular weight excluding hydrogens is 182 g/mol. The minimum Gasteiger partial charge on any atom is -0.436 e. The average molecular weight is 190 g/mol. The fourth-order valence-corrected chi connectivity index (χ4v) is 1.18. The van der Waals surface area contributed by atoms with E-state index in [4.69, 9.17) is 4.42 Å². The smallest absolute Gasteiger partial charge is 0.264 e. The maximum absolute atomic E-state index is 5.17. The highest BCUT2D eigenvalue weighted by molar-refractivity contribution is 9.10. The lowest BCUT2D eigenvalue weighted by Crippen LogP contribution is -1.77. The van der Waals surface area contributed by atoms with Crippen LogP contribution in [-0.2, 0) is 6.42 Å². The third-order valence-electron chi connectivity index (χ3n) is 1.19. The molecule has 2 nitrogen and oxygen atoms in total. The molecule has 9 heavy (non-hydrogen) atoms. The second kappa shape index (κ2) is 2.52. The highest BCUT2D eigenvalue weighted by Crippen LogP contribution is 2.14. The van der Waals surface area contributed by atoms with E-state index in [9.17, 15) is 0 Å². The molecule has 0 aliphatic carbocycles. The van der Waals surface area contributed by atoms with Gasteiger partial charge in [0.2, 0.25) is 0 Å². The van der Waals surface area contributed by atoms with Crippen molar-refractivity contribution in [2.45, 2.75) is 20.3 Å². The first-order valence-corrected chi connectivity index (χ1v) is 3.65. The van der Waals surface area contributed by atoms with Crippen LogP contribution in [0, 0.1) is 6.92 Å². The lowest BCUT2D eigenvalue weighted by molar-refractivity contribution is 0.484. The van der Waals surface area contributed by atoms with E-state index in [1.165, 1.54) is 0 Å². The standard InChI is InChI=1S/C6H8BrNO/c1-3-5-4(2)8-6(7)9-5/h3H2,1-2H3. The number of hydrogen-bond donors (Lipinski definition) is 0. The lowest BCUT2D eigenvalue weighted by Gasteiger charge is -1.84. The Labute approximate surface area is 62.4 Å². The summed E-state index contributed by atoms with van der Waals surface area (Å²) in [4.78, 5) is 4.61. The van der Waals surface area contributed by atoms with E-state index in [-0.39, 0.29) is 0 Å². The molecule has 0 spiro atoms. The zero-order chi connectivity index (χ0) is 6.85. The number of aromatic nitrogens is 1. The topological polar surface area (TPSA) is 26.0 Å². The number of aryl methyl sites for hydroxylation is 2. The van der Waals surface area contributed by atoms with Gasteiger partial charge in [-0.3, -0.25) is 0 Å². The van der Waals surface area contributed by atoms with Gasteiger partial charge in [-0.1, -0.05) is 6.92 Å². The lowest BCUT2D eigenvalue weighted by atomic mass is 10.3. The summed E-state index contributed by atoms with van der Waals surface area (Å²) in [5, 5.41) is 0. The van der Waals surface area contributed by atoms with Crippen molar-refractivity contribution >= 4 is 15.9 Å². The molecule has 0 saturated heterocycles. The Morgan fingerprint density at radius 3 is 2.56 bits per heavy atom. The van der Waals surface area contributed by atoms with Gasteiger partial charge in [-0.25, -0.2) is 4.98 Å².